The van der Waals surface area contributed by atoms with Gasteiger partial charge in [-0.3, -0.25) is 4.79 Å². The number of carbonyl (C=O) groups excluding carboxylic acids is 1. The lowest BCUT2D eigenvalue weighted by Crippen LogP contribution is -2.24. The molecule has 0 atom stereocenters. The number of nitrogens with one attached hydrogen (secondary N) is 1. The average molecular weight is 271 g/mol. The molecule has 1 saturated carbocycles. The second-order valence-electron chi connectivity index (χ2n) is 5.13. The van der Waals surface area contributed by atoms with Crippen molar-refractivity contribution in [2.24, 2.45) is 5.92 Å². The Morgan fingerprint density at radius 2 is 2.10 bits per heavy atom. The van der Waals surface area contributed by atoms with Gasteiger partial charge in [0.2, 0.25) is 5.91 Å². The van der Waals surface area contributed by atoms with Crippen molar-refractivity contribution in [2.45, 2.75) is 32.1 Å². The number of anilines is 1. The van der Waals surface area contributed by atoms with E-state index in [4.69, 9.17) is 0 Å². The first-order chi connectivity index (χ1) is 9.83. The number of rotatable bonds is 3. The maximum absolute atomic E-state index is 12.2. The van der Waals surface area contributed by atoms with Crippen molar-refractivity contribution in [1.82, 2.24) is 20.2 Å². The summed E-state index contributed by atoms with van der Waals surface area (Å²) in [7, 11) is 0. The van der Waals surface area contributed by atoms with Gasteiger partial charge in [0.1, 0.15) is 6.33 Å². The normalized spacial score (nSPS) is 16.0. The Kier molecular flexibility index (Phi) is 3.71. The van der Waals surface area contributed by atoms with Crippen LogP contribution >= 0.6 is 0 Å². The van der Waals surface area contributed by atoms with Gasteiger partial charge in [-0.15, -0.1) is 5.10 Å². The SMILES string of the molecule is O=C(Nc1cccc(-n2cnnn2)c1)C1CCCCC1. The fraction of sp³-hybridized carbons (Fsp3) is 0.429. The fourth-order valence-electron chi connectivity index (χ4n) is 2.61. The lowest BCUT2D eigenvalue weighted by atomic mass is 9.88. The summed E-state index contributed by atoms with van der Waals surface area (Å²) in [6, 6.07) is 7.53. The third-order valence-electron chi connectivity index (χ3n) is 3.70. The molecule has 1 heterocycles. The van der Waals surface area contributed by atoms with Gasteiger partial charge in [0.05, 0.1) is 5.69 Å². The minimum atomic E-state index is 0.124. The Bertz CT molecular complexity index is 575. The molecule has 1 amide bonds. The molecule has 1 aliphatic carbocycles. The third-order valence-corrected chi connectivity index (χ3v) is 3.70. The Morgan fingerprint density at radius 3 is 2.85 bits per heavy atom. The van der Waals surface area contributed by atoms with Crippen LogP contribution in [0.3, 0.4) is 0 Å². The summed E-state index contributed by atoms with van der Waals surface area (Å²) in [5.41, 5.74) is 1.62. The van der Waals surface area contributed by atoms with Gasteiger partial charge in [0, 0.05) is 11.6 Å². The van der Waals surface area contributed by atoms with Crippen molar-refractivity contribution in [3.63, 3.8) is 0 Å². The highest BCUT2D eigenvalue weighted by Gasteiger charge is 2.21. The average Bonchev–Trinajstić information content (AvgIpc) is 3.03. The molecule has 1 aliphatic rings. The molecule has 1 aromatic carbocycles. The maximum atomic E-state index is 12.2. The van der Waals surface area contributed by atoms with Gasteiger partial charge in [0.15, 0.2) is 0 Å². The Hall–Kier alpha value is -2.24. The molecule has 20 heavy (non-hydrogen) atoms. The summed E-state index contributed by atoms with van der Waals surface area (Å²) in [6.45, 7) is 0. The van der Waals surface area contributed by atoms with Crippen LogP contribution in [0.25, 0.3) is 5.69 Å². The van der Waals surface area contributed by atoms with Gasteiger partial charge >= 0.3 is 0 Å². The van der Waals surface area contributed by atoms with E-state index >= 15 is 0 Å². The number of carbonyl (C=O) groups is 1. The highest BCUT2D eigenvalue weighted by Crippen LogP contribution is 2.25. The van der Waals surface area contributed by atoms with Gasteiger partial charge in [-0.1, -0.05) is 25.3 Å². The van der Waals surface area contributed by atoms with Crippen LogP contribution in [-0.4, -0.2) is 26.1 Å². The van der Waals surface area contributed by atoms with E-state index in [1.165, 1.54) is 12.7 Å². The molecule has 0 spiro atoms. The molecule has 6 nitrogen and oxygen atoms in total. The standard InChI is InChI=1S/C14H17N5O/c20-14(11-5-2-1-3-6-11)16-12-7-4-8-13(9-12)19-10-15-17-18-19/h4,7-11H,1-3,5-6H2,(H,16,20). The minimum absolute atomic E-state index is 0.124. The number of nitrogens with zero attached hydrogens (tertiary/aromatic N) is 4. The first-order valence-electron chi connectivity index (χ1n) is 6.97. The van der Waals surface area contributed by atoms with Gasteiger partial charge in [-0.25, -0.2) is 4.68 Å². The van der Waals surface area contributed by atoms with E-state index in [-0.39, 0.29) is 11.8 Å². The van der Waals surface area contributed by atoms with Gasteiger partial charge < -0.3 is 5.32 Å². The topological polar surface area (TPSA) is 72.7 Å². The number of aromatic nitrogens is 4. The molecule has 104 valence electrons. The van der Waals surface area contributed by atoms with Crippen LogP contribution in [0.5, 0.6) is 0 Å². The van der Waals surface area contributed by atoms with E-state index in [2.05, 4.69) is 20.8 Å². The molecule has 1 aromatic heterocycles. The van der Waals surface area contributed by atoms with Crippen LogP contribution in [0.2, 0.25) is 0 Å². The number of tetrazole rings is 1. The molecule has 1 N–H and O–H groups in total. The van der Waals surface area contributed by atoms with E-state index in [1.807, 2.05) is 24.3 Å². The highest BCUT2D eigenvalue weighted by molar-refractivity contribution is 5.92. The zero-order valence-electron chi connectivity index (χ0n) is 11.2. The van der Waals surface area contributed by atoms with Crippen molar-refractivity contribution < 1.29 is 4.79 Å². The van der Waals surface area contributed by atoms with Gasteiger partial charge in [-0.05, 0) is 41.5 Å². The van der Waals surface area contributed by atoms with E-state index in [9.17, 15) is 4.79 Å². The molecular weight excluding hydrogens is 254 g/mol. The molecule has 0 aliphatic heterocycles. The number of amides is 1. The minimum Gasteiger partial charge on any atom is -0.326 e. The molecule has 0 radical (unpaired) electrons. The molecule has 6 heteroatoms. The lowest BCUT2D eigenvalue weighted by molar-refractivity contribution is -0.120. The largest absolute Gasteiger partial charge is 0.326 e. The van der Waals surface area contributed by atoms with Crippen molar-refractivity contribution in [1.29, 1.82) is 0 Å². The van der Waals surface area contributed by atoms with Crippen LogP contribution in [0.1, 0.15) is 32.1 Å². The van der Waals surface area contributed by atoms with Crippen molar-refractivity contribution >= 4 is 11.6 Å². The highest BCUT2D eigenvalue weighted by atomic mass is 16.1. The molecule has 3 rings (SSSR count). The van der Waals surface area contributed by atoms with E-state index in [0.717, 1.165) is 37.1 Å². The van der Waals surface area contributed by atoms with Crippen molar-refractivity contribution in [3.05, 3.63) is 30.6 Å². The summed E-state index contributed by atoms with van der Waals surface area (Å²) in [6.07, 6.45) is 7.09. The predicted molar refractivity (Wildman–Crippen MR) is 74.4 cm³/mol. The molecule has 0 unspecified atom stereocenters. The summed E-state index contributed by atoms with van der Waals surface area (Å²) >= 11 is 0. The van der Waals surface area contributed by atoms with E-state index in [0.29, 0.717) is 0 Å². The number of benzene rings is 1. The molecular formula is C14H17N5O. The van der Waals surface area contributed by atoms with Crippen LogP contribution in [0.4, 0.5) is 5.69 Å². The quantitative estimate of drug-likeness (QED) is 0.928. The molecule has 0 bridgehead atoms. The Labute approximate surface area is 117 Å². The zero-order valence-corrected chi connectivity index (χ0v) is 11.2. The number of hydrogen-bond donors (Lipinski definition) is 1. The Balaban J connectivity index is 1.71. The fourth-order valence-corrected chi connectivity index (χ4v) is 2.61. The van der Waals surface area contributed by atoms with Crippen LogP contribution < -0.4 is 5.32 Å². The van der Waals surface area contributed by atoms with Gasteiger partial charge in [-0.2, -0.15) is 0 Å². The van der Waals surface area contributed by atoms with Crippen LogP contribution in [-0.2, 0) is 4.79 Å². The first kappa shape index (κ1) is 12.8. The third kappa shape index (κ3) is 2.84. The summed E-state index contributed by atoms with van der Waals surface area (Å²) in [4.78, 5) is 12.2. The van der Waals surface area contributed by atoms with Crippen molar-refractivity contribution in [2.75, 3.05) is 5.32 Å². The summed E-state index contributed by atoms with van der Waals surface area (Å²) < 4.78 is 1.57. The predicted octanol–water partition coefficient (Wildman–Crippen LogP) is 2.18. The van der Waals surface area contributed by atoms with E-state index in [1.54, 1.807) is 4.68 Å². The zero-order chi connectivity index (χ0) is 13.8. The van der Waals surface area contributed by atoms with Crippen LogP contribution in [0, 0.1) is 5.92 Å². The molecule has 2 aromatic rings. The number of hydrogen-bond acceptors (Lipinski definition) is 4. The van der Waals surface area contributed by atoms with Gasteiger partial charge in [0.25, 0.3) is 0 Å². The monoisotopic (exact) mass is 271 g/mol. The van der Waals surface area contributed by atoms with E-state index < -0.39 is 0 Å². The molecule has 1 fully saturated rings. The van der Waals surface area contributed by atoms with Crippen molar-refractivity contribution in [3.8, 4) is 5.69 Å². The summed E-state index contributed by atoms with van der Waals surface area (Å²) in [5.74, 6) is 0.277. The lowest BCUT2D eigenvalue weighted by Gasteiger charge is -2.20. The smallest absolute Gasteiger partial charge is 0.227 e. The Morgan fingerprint density at radius 1 is 1.25 bits per heavy atom. The summed E-state index contributed by atoms with van der Waals surface area (Å²) in [5, 5.41) is 14.0. The first-order valence-corrected chi connectivity index (χ1v) is 6.97. The maximum Gasteiger partial charge on any atom is 0.227 e. The second kappa shape index (κ2) is 5.81. The van der Waals surface area contributed by atoms with Crippen LogP contribution in [0.15, 0.2) is 30.6 Å². The second-order valence-corrected chi connectivity index (χ2v) is 5.13. The molecule has 0 saturated heterocycles.